The number of guanidine groups is 1. The molecule has 1 fully saturated rings. The van der Waals surface area contributed by atoms with Crippen LogP contribution in [0.2, 0.25) is 0 Å². The Morgan fingerprint density at radius 2 is 1.82 bits per heavy atom. The maximum atomic E-state index is 12.0. The Kier molecular flexibility index (Phi) is 9.99. The lowest BCUT2D eigenvalue weighted by molar-refractivity contribution is -0.128. The Balaban J connectivity index is 0.00000441. The summed E-state index contributed by atoms with van der Waals surface area (Å²) in [6.45, 7) is 9.89. The maximum absolute atomic E-state index is 12.0. The number of halogens is 1. The monoisotopic (exact) mass is 425 g/mol. The van der Waals surface area contributed by atoms with Crippen LogP contribution in [0.3, 0.4) is 0 Å². The molecule has 1 aliphatic rings. The first-order valence-corrected chi connectivity index (χ1v) is 7.84. The van der Waals surface area contributed by atoms with Gasteiger partial charge in [0, 0.05) is 31.7 Å². The summed E-state index contributed by atoms with van der Waals surface area (Å²) >= 11 is 0. The molecule has 7 heteroatoms. The number of amides is 1. The molecular formula is C15H32IN5O. The summed E-state index contributed by atoms with van der Waals surface area (Å²) in [4.78, 5) is 20.5. The smallest absolute Gasteiger partial charge is 0.244 e. The highest BCUT2D eigenvalue weighted by Gasteiger charge is 2.21. The molecule has 0 radical (unpaired) electrons. The number of nitrogens with zero attached hydrogens (tertiary/aromatic N) is 3. The molecule has 1 aliphatic heterocycles. The van der Waals surface area contributed by atoms with E-state index in [9.17, 15) is 4.79 Å². The van der Waals surface area contributed by atoms with Crippen molar-refractivity contribution in [3.8, 4) is 0 Å². The predicted octanol–water partition coefficient (Wildman–Crippen LogP) is 1.12. The molecule has 1 heterocycles. The third kappa shape index (κ3) is 7.13. The summed E-state index contributed by atoms with van der Waals surface area (Å²) in [6.07, 6.45) is 2.23. The summed E-state index contributed by atoms with van der Waals surface area (Å²) in [5.74, 6) is 0.830. The van der Waals surface area contributed by atoms with E-state index in [1.165, 1.54) is 0 Å². The minimum Gasteiger partial charge on any atom is -0.357 e. The van der Waals surface area contributed by atoms with Gasteiger partial charge in [0.15, 0.2) is 5.96 Å². The van der Waals surface area contributed by atoms with E-state index in [2.05, 4.69) is 48.5 Å². The van der Waals surface area contributed by atoms with Crippen molar-refractivity contribution in [1.82, 2.24) is 20.4 Å². The second-order valence-corrected chi connectivity index (χ2v) is 6.34. The molecule has 6 nitrogen and oxygen atoms in total. The van der Waals surface area contributed by atoms with Crippen LogP contribution in [0.25, 0.3) is 0 Å². The largest absolute Gasteiger partial charge is 0.357 e. The molecule has 130 valence electrons. The van der Waals surface area contributed by atoms with Gasteiger partial charge in [-0.1, -0.05) is 0 Å². The van der Waals surface area contributed by atoms with Gasteiger partial charge in [0.05, 0.1) is 0 Å². The number of likely N-dealkylation sites (N-methyl/N-ethyl adjacent to an activating group) is 1. The number of hydrogen-bond donors (Lipinski definition) is 2. The Morgan fingerprint density at radius 3 is 2.32 bits per heavy atom. The molecule has 0 aromatic heterocycles. The number of rotatable bonds is 6. The molecule has 22 heavy (non-hydrogen) atoms. The molecular weight excluding hydrogens is 393 g/mol. The first-order valence-electron chi connectivity index (χ1n) is 7.84. The molecule has 0 aromatic rings. The summed E-state index contributed by atoms with van der Waals surface area (Å²) in [5.41, 5.74) is 0.0230. The molecule has 0 saturated carbocycles. The summed E-state index contributed by atoms with van der Waals surface area (Å²) < 4.78 is 0. The highest BCUT2D eigenvalue weighted by molar-refractivity contribution is 14.0. The average Bonchev–Trinajstić information content (AvgIpc) is 2.95. The van der Waals surface area contributed by atoms with Crippen LogP contribution >= 0.6 is 24.0 Å². The van der Waals surface area contributed by atoms with Gasteiger partial charge < -0.3 is 20.4 Å². The fourth-order valence-electron chi connectivity index (χ4n) is 2.01. The first kappa shape index (κ1) is 21.4. The van der Waals surface area contributed by atoms with Gasteiger partial charge in [-0.05, 0) is 47.7 Å². The Labute approximate surface area is 152 Å². The van der Waals surface area contributed by atoms with Crippen LogP contribution < -0.4 is 10.6 Å². The molecule has 0 spiro atoms. The van der Waals surface area contributed by atoms with E-state index in [1.807, 2.05) is 11.8 Å². The summed E-state index contributed by atoms with van der Waals surface area (Å²) in [5, 5.41) is 6.50. The van der Waals surface area contributed by atoms with E-state index < -0.39 is 0 Å². The van der Waals surface area contributed by atoms with Crippen LogP contribution in [0.1, 0.15) is 33.6 Å². The van der Waals surface area contributed by atoms with Gasteiger partial charge in [0.25, 0.3) is 0 Å². The van der Waals surface area contributed by atoms with Gasteiger partial charge in [-0.15, -0.1) is 24.0 Å². The van der Waals surface area contributed by atoms with E-state index in [0.717, 1.165) is 39.0 Å². The Morgan fingerprint density at radius 1 is 1.23 bits per heavy atom. The number of carbonyl (C=O) groups excluding carboxylic acids is 1. The van der Waals surface area contributed by atoms with Crippen molar-refractivity contribution in [2.75, 3.05) is 46.8 Å². The van der Waals surface area contributed by atoms with Crippen LogP contribution in [0.5, 0.6) is 0 Å². The number of likely N-dealkylation sites (tertiary alicyclic amines) is 1. The highest BCUT2D eigenvalue weighted by Crippen LogP contribution is 2.08. The van der Waals surface area contributed by atoms with Gasteiger partial charge in [0.1, 0.15) is 6.54 Å². The fourth-order valence-corrected chi connectivity index (χ4v) is 2.01. The van der Waals surface area contributed by atoms with Crippen LogP contribution in [0.4, 0.5) is 0 Å². The number of hydrogen-bond acceptors (Lipinski definition) is 3. The van der Waals surface area contributed by atoms with Crippen molar-refractivity contribution in [2.24, 2.45) is 4.99 Å². The third-order valence-electron chi connectivity index (χ3n) is 4.07. The van der Waals surface area contributed by atoms with E-state index in [-0.39, 0.29) is 42.0 Å². The lowest BCUT2D eigenvalue weighted by atomic mass is 10.0. The second kappa shape index (κ2) is 10.3. The van der Waals surface area contributed by atoms with Crippen molar-refractivity contribution < 1.29 is 4.79 Å². The molecule has 0 unspecified atom stereocenters. The van der Waals surface area contributed by atoms with Crippen molar-refractivity contribution in [2.45, 2.75) is 39.2 Å². The Hall–Kier alpha value is -0.570. The standard InChI is InChI=1S/C15H31N5O.HI/c1-6-16-14(18-12-15(2,3)19(4)5)17-11-13(21)20-9-7-8-10-20;/h6-12H2,1-5H3,(H2,16,17,18);1H. The molecule has 1 saturated heterocycles. The Bertz CT molecular complexity index is 365. The molecule has 0 aromatic carbocycles. The van der Waals surface area contributed by atoms with Gasteiger partial charge in [0.2, 0.25) is 5.91 Å². The molecule has 1 rings (SSSR count). The predicted molar refractivity (Wildman–Crippen MR) is 103 cm³/mol. The molecule has 0 bridgehead atoms. The number of carbonyl (C=O) groups is 1. The van der Waals surface area contributed by atoms with E-state index >= 15 is 0 Å². The zero-order valence-electron chi connectivity index (χ0n) is 14.6. The molecule has 2 N–H and O–H groups in total. The fraction of sp³-hybridized carbons (Fsp3) is 0.867. The zero-order chi connectivity index (χ0) is 15.9. The second-order valence-electron chi connectivity index (χ2n) is 6.34. The van der Waals surface area contributed by atoms with E-state index in [1.54, 1.807) is 0 Å². The van der Waals surface area contributed by atoms with Gasteiger partial charge in [-0.3, -0.25) is 4.79 Å². The third-order valence-corrected chi connectivity index (χ3v) is 4.07. The number of aliphatic imine (C=N–C) groups is 1. The normalized spacial score (nSPS) is 15.7. The number of nitrogens with one attached hydrogen (secondary N) is 2. The topological polar surface area (TPSA) is 60.0 Å². The van der Waals surface area contributed by atoms with Crippen LogP contribution in [-0.4, -0.2) is 74.0 Å². The zero-order valence-corrected chi connectivity index (χ0v) is 16.9. The van der Waals surface area contributed by atoms with Crippen molar-refractivity contribution in [1.29, 1.82) is 0 Å². The lowest BCUT2D eigenvalue weighted by Gasteiger charge is -2.33. The highest BCUT2D eigenvalue weighted by atomic mass is 127. The van der Waals surface area contributed by atoms with Crippen LogP contribution in [0.15, 0.2) is 4.99 Å². The lowest BCUT2D eigenvalue weighted by Crippen LogP contribution is -2.51. The summed E-state index contributed by atoms with van der Waals surface area (Å²) in [6, 6.07) is 0. The van der Waals surface area contributed by atoms with Gasteiger partial charge in [-0.2, -0.15) is 0 Å². The minimum atomic E-state index is 0. The summed E-state index contributed by atoms with van der Waals surface area (Å²) in [7, 11) is 4.12. The molecule has 1 amide bonds. The minimum absolute atomic E-state index is 0. The van der Waals surface area contributed by atoms with E-state index in [4.69, 9.17) is 0 Å². The van der Waals surface area contributed by atoms with Gasteiger partial charge >= 0.3 is 0 Å². The van der Waals surface area contributed by atoms with Gasteiger partial charge in [-0.25, -0.2) is 4.99 Å². The SMILES string of the molecule is CCNC(=NCC(=O)N1CCCC1)NCC(C)(C)N(C)C.I. The van der Waals surface area contributed by atoms with Crippen LogP contribution in [0, 0.1) is 0 Å². The van der Waals surface area contributed by atoms with Crippen molar-refractivity contribution in [3.63, 3.8) is 0 Å². The first-order chi connectivity index (χ1) is 9.86. The van der Waals surface area contributed by atoms with E-state index in [0.29, 0.717) is 5.96 Å². The molecule has 0 atom stereocenters. The quantitative estimate of drug-likeness (QED) is 0.381. The van der Waals surface area contributed by atoms with Crippen molar-refractivity contribution >= 4 is 35.8 Å². The molecule has 0 aliphatic carbocycles. The van der Waals surface area contributed by atoms with Crippen LogP contribution in [-0.2, 0) is 4.79 Å². The van der Waals surface area contributed by atoms with Crippen molar-refractivity contribution in [3.05, 3.63) is 0 Å². The average molecular weight is 425 g/mol. The maximum Gasteiger partial charge on any atom is 0.244 e.